The maximum absolute atomic E-state index is 4.83. The van der Waals surface area contributed by atoms with Gasteiger partial charge in [0.05, 0.1) is 6.54 Å². The van der Waals surface area contributed by atoms with E-state index in [0.717, 1.165) is 24.7 Å². The van der Waals surface area contributed by atoms with Gasteiger partial charge in [-0.2, -0.15) is 0 Å². The Kier molecular flexibility index (Phi) is 3.56. The van der Waals surface area contributed by atoms with Gasteiger partial charge in [-0.15, -0.1) is 0 Å². The van der Waals surface area contributed by atoms with Crippen molar-refractivity contribution in [1.29, 1.82) is 0 Å². The Morgan fingerprint density at radius 3 is 2.68 bits per heavy atom. The molecule has 106 valence electrons. The summed E-state index contributed by atoms with van der Waals surface area (Å²) < 4.78 is 4.83. The van der Waals surface area contributed by atoms with Gasteiger partial charge in [-0.05, 0) is 20.8 Å². The number of aromatic nitrogens is 1. The van der Waals surface area contributed by atoms with E-state index in [4.69, 9.17) is 4.52 Å². The molecule has 1 fully saturated rings. The maximum Gasteiger partial charge on any atom is 0.194 e. The van der Waals surface area contributed by atoms with Gasteiger partial charge < -0.3 is 14.7 Å². The lowest BCUT2D eigenvalue weighted by molar-refractivity contribution is -0.0667. The minimum Gasteiger partial charge on any atom is -0.364 e. The van der Waals surface area contributed by atoms with Crippen LogP contribution in [0.5, 0.6) is 0 Å². The molecule has 0 bridgehead atoms. The van der Waals surface area contributed by atoms with Crippen LogP contribution < -0.4 is 5.32 Å². The molecule has 1 N–H and O–H groups in total. The average Bonchev–Trinajstić information content (AvgIpc) is 2.85. The fraction of sp³-hybridized carbons (Fsp3) is 0.714. The zero-order valence-electron chi connectivity index (χ0n) is 12.5. The van der Waals surface area contributed by atoms with Crippen molar-refractivity contribution in [2.75, 3.05) is 13.1 Å². The first-order chi connectivity index (χ1) is 8.88. The lowest BCUT2D eigenvalue weighted by Crippen LogP contribution is -2.72. The van der Waals surface area contributed by atoms with Gasteiger partial charge in [0.2, 0.25) is 0 Å². The summed E-state index contributed by atoms with van der Waals surface area (Å²) in [7, 11) is 0. The van der Waals surface area contributed by atoms with Crippen LogP contribution in [0, 0.1) is 5.41 Å². The molecule has 2 heterocycles. The van der Waals surface area contributed by atoms with Crippen molar-refractivity contribution in [2.24, 2.45) is 10.4 Å². The quantitative estimate of drug-likeness (QED) is 0.672. The summed E-state index contributed by atoms with van der Waals surface area (Å²) in [5.74, 6) is 0.954. The Morgan fingerprint density at radius 2 is 2.21 bits per heavy atom. The van der Waals surface area contributed by atoms with E-state index < -0.39 is 0 Å². The highest BCUT2D eigenvalue weighted by Gasteiger charge is 2.53. The summed E-state index contributed by atoms with van der Waals surface area (Å²) in [4.78, 5) is 6.98. The van der Waals surface area contributed by atoms with Crippen LogP contribution in [-0.4, -0.2) is 34.6 Å². The molecule has 5 nitrogen and oxygen atoms in total. The number of hydrogen-bond acceptors (Lipinski definition) is 3. The van der Waals surface area contributed by atoms with Crippen molar-refractivity contribution in [3.05, 3.63) is 18.0 Å². The second-order valence-corrected chi connectivity index (χ2v) is 6.19. The molecule has 0 saturated carbocycles. The molecule has 0 aromatic carbocycles. The SMILES string of the molecule is CCNC(=NCc1ccon1)N1CC(C)(C)C1(C)C. The topological polar surface area (TPSA) is 53.7 Å². The first-order valence-corrected chi connectivity index (χ1v) is 6.83. The summed E-state index contributed by atoms with van der Waals surface area (Å²) in [5.41, 5.74) is 1.27. The summed E-state index contributed by atoms with van der Waals surface area (Å²) in [6.45, 7) is 13.6. The number of likely N-dealkylation sites (tertiary alicyclic amines) is 1. The predicted molar refractivity (Wildman–Crippen MR) is 75.9 cm³/mol. The van der Waals surface area contributed by atoms with Gasteiger partial charge in [-0.25, -0.2) is 4.99 Å². The van der Waals surface area contributed by atoms with Crippen LogP contribution in [0.25, 0.3) is 0 Å². The van der Waals surface area contributed by atoms with Gasteiger partial charge >= 0.3 is 0 Å². The molecule has 1 aliphatic heterocycles. The molecular formula is C14H24N4O. The second-order valence-electron chi connectivity index (χ2n) is 6.19. The van der Waals surface area contributed by atoms with Crippen LogP contribution in [0.15, 0.2) is 21.8 Å². The van der Waals surface area contributed by atoms with E-state index in [1.54, 1.807) is 6.26 Å². The molecular weight excluding hydrogens is 240 g/mol. The number of aliphatic imine (C=N–C) groups is 1. The van der Waals surface area contributed by atoms with E-state index in [2.05, 4.69) is 55.0 Å². The standard InChI is InChI=1S/C14H24N4O/c1-6-15-12(16-9-11-7-8-19-17-11)18-10-13(2,3)14(18,4)5/h7-8H,6,9-10H2,1-5H3,(H,15,16). The molecule has 1 saturated heterocycles. The molecule has 1 aromatic rings. The van der Waals surface area contributed by atoms with E-state index in [9.17, 15) is 0 Å². The number of nitrogens with one attached hydrogen (secondary N) is 1. The van der Waals surface area contributed by atoms with E-state index in [1.165, 1.54) is 0 Å². The van der Waals surface area contributed by atoms with Gasteiger partial charge in [0, 0.05) is 30.1 Å². The third-order valence-corrected chi connectivity index (χ3v) is 4.36. The molecule has 0 amide bonds. The molecule has 0 aliphatic carbocycles. The molecule has 1 aromatic heterocycles. The summed E-state index contributed by atoms with van der Waals surface area (Å²) in [5, 5.41) is 7.25. The van der Waals surface area contributed by atoms with Gasteiger partial charge in [-0.3, -0.25) is 0 Å². The van der Waals surface area contributed by atoms with Crippen LogP contribution in [-0.2, 0) is 6.54 Å². The third kappa shape index (κ3) is 2.46. The summed E-state index contributed by atoms with van der Waals surface area (Å²) in [6, 6.07) is 1.85. The Balaban J connectivity index is 2.11. The molecule has 0 atom stereocenters. The lowest BCUT2D eigenvalue weighted by Gasteiger charge is -2.62. The minimum atomic E-state index is 0.109. The molecule has 5 heteroatoms. The molecule has 2 rings (SSSR count). The second kappa shape index (κ2) is 4.87. The van der Waals surface area contributed by atoms with Crippen LogP contribution in [0.3, 0.4) is 0 Å². The van der Waals surface area contributed by atoms with Gasteiger partial charge in [0.1, 0.15) is 12.0 Å². The van der Waals surface area contributed by atoms with Crippen molar-refractivity contribution < 1.29 is 4.52 Å². The van der Waals surface area contributed by atoms with Crippen molar-refractivity contribution in [2.45, 2.75) is 46.7 Å². The Morgan fingerprint density at radius 1 is 1.47 bits per heavy atom. The minimum absolute atomic E-state index is 0.109. The number of hydrogen-bond donors (Lipinski definition) is 1. The number of guanidine groups is 1. The monoisotopic (exact) mass is 264 g/mol. The van der Waals surface area contributed by atoms with Gasteiger partial charge in [-0.1, -0.05) is 19.0 Å². The molecule has 0 spiro atoms. The Hall–Kier alpha value is -1.52. The number of nitrogens with zero attached hydrogens (tertiary/aromatic N) is 3. The molecule has 19 heavy (non-hydrogen) atoms. The predicted octanol–water partition coefficient (Wildman–Crippen LogP) is 2.26. The maximum atomic E-state index is 4.83. The highest BCUT2D eigenvalue weighted by Crippen LogP contribution is 2.46. The molecule has 1 aliphatic rings. The van der Waals surface area contributed by atoms with Crippen LogP contribution >= 0.6 is 0 Å². The Labute approximate surface area is 115 Å². The fourth-order valence-corrected chi connectivity index (χ4v) is 2.27. The zero-order valence-corrected chi connectivity index (χ0v) is 12.5. The van der Waals surface area contributed by atoms with E-state index >= 15 is 0 Å². The number of rotatable bonds is 3. The van der Waals surface area contributed by atoms with Crippen molar-refractivity contribution >= 4 is 5.96 Å². The van der Waals surface area contributed by atoms with Crippen LogP contribution in [0.2, 0.25) is 0 Å². The highest BCUT2D eigenvalue weighted by atomic mass is 16.5. The zero-order chi connectivity index (χ0) is 14.1. The van der Waals surface area contributed by atoms with E-state index in [0.29, 0.717) is 12.0 Å². The van der Waals surface area contributed by atoms with Gasteiger partial charge in [0.25, 0.3) is 0 Å². The molecule has 0 unspecified atom stereocenters. The molecule has 0 radical (unpaired) electrons. The van der Waals surface area contributed by atoms with Crippen molar-refractivity contribution in [3.8, 4) is 0 Å². The average molecular weight is 264 g/mol. The Bertz CT molecular complexity index is 448. The normalized spacial score (nSPS) is 21.1. The smallest absolute Gasteiger partial charge is 0.194 e. The van der Waals surface area contributed by atoms with Crippen LogP contribution in [0.4, 0.5) is 0 Å². The first-order valence-electron chi connectivity index (χ1n) is 6.83. The van der Waals surface area contributed by atoms with E-state index in [1.807, 2.05) is 6.07 Å². The van der Waals surface area contributed by atoms with Crippen molar-refractivity contribution in [1.82, 2.24) is 15.4 Å². The summed E-state index contributed by atoms with van der Waals surface area (Å²) >= 11 is 0. The fourth-order valence-electron chi connectivity index (χ4n) is 2.27. The lowest BCUT2D eigenvalue weighted by atomic mass is 9.65. The van der Waals surface area contributed by atoms with E-state index in [-0.39, 0.29) is 5.54 Å². The summed E-state index contributed by atoms with van der Waals surface area (Å²) in [6.07, 6.45) is 1.58. The highest BCUT2D eigenvalue weighted by molar-refractivity contribution is 5.82. The van der Waals surface area contributed by atoms with Crippen molar-refractivity contribution in [3.63, 3.8) is 0 Å². The van der Waals surface area contributed by atoms with Crippen LogP contribution in [0.1, 0.15) is 40.3 Å². The first kappa shape index (κ1) is 13.9. The largest absolute Gasteiger partial charge is 0.364 e. The van der Waals surface area contributed by atoms with Gasteiger partial charge in [0.15, 0.2) is 5.96 Å². The third-order valence-electron chi connectivity index (χ3n) is 4.36.